The van der Waals surface area contributed by atoms with Gasteiger partial charge in [0.1, 0.15) is 5.75 Å². The van der Waals surface area contributed by atoms with Crippen molar-refractivity contribution in [3.63, 3.8) is 0 Å². The molecular formula is C9H5F2NO3. The molecule has 0 bridgehead atoms. The molecule has 1 heterocycles. The summed E-state index contributed by atoms with van der Waals surface area (Å²) in [6, 6.07) is 3.99. The quantitative estimate of drug-likeness (QED) is 0.756. The topological polar surface area (TPSA) is 55.4 Å². The number of anilines is 1. The predicted octanol–water partition coefficient (Wildman–Crippen LogP) is 1.42. The van der Waals surface area contributed by atoms with E-state index in [0.717, 1.165) is 0 Å². The Bertz CT molecular complexity index is 445. The zero-order valence-corrected chi connectivity index (χ0v) is 7.29. The highest BCUT2D eigenvalue weighted by molar-refractivity contribution is 6.52. The largest absolute Gasteiger partial charge is 0.433 e. The van der Waals surface area contributed by atoms with Gasteiger partial charge >= 0.3 is 6.61 Å². The number of carbonyl (C=O) groups excluding carboxylic acids is 2. The van der Waals surface area contributed by atoms with Crippen molar-refractivity contribution in [3.8, 4) is 5.75 Å². The third kappa shape index (κ3) is 1.54. The second kappa shape index (κ2) is 3.30. The van der Waals surface area contributed by atoms with E-state index < -0.39 is 18.3 Å². The molecule has 1 aliphatic heterocycles. The van der Waals surface area contributed by atoms with E-state index in [1.807, 2.05) is 0 Å². The van der Waals surface area contributed by atoms with Crippen molar-refractivity contribution in [3.05, 3.63) is 23.8 Å². The molecule has 4 nitrogen and oxygen atoms in total. The Morgan fingerprint density at radius 3 is 2.67 bits per heavy atom. The molecular weight excluding hydrogens is 208 g/mol. The highest BCUT2D eigenvalue weighted by Gasteiger charge is 2.30. The van der Waals surface area contributed by atoms with Crippen LogP contribution in [0.3, 0.4) is 0 Å². The minimum atomic E-state index is -3.00. The molecule has 0 spiro atoms. The minimum Gasteiger partial charge on any atom is -0.433 e. The lowest BCUT2D eigenvalue weighted by atomic mass is 10.1. The van der Waals surface area contributed by atoms with E-state index in [2.05, 4.69) is 10.1 Å². The number of benzene rings is 1. The number of Topliss-reactive ketones (excluding diaryl/α,β-unsaturated/α-hetero) is 1. The summed E-state index contributed by atoms with van der Waals surface area (Å²) in [5, 5.41) is 2.17. The van der Waals surface area contributed by atoms with E-state index in [4.69, 9.17) is 0 Å². The number of ether oxygens (including phenoxy) is 1. The van der Waals surface area contributed by atoms with E-state index in [-0.39, 0.29) is 17.0 Å². The van der Waals surface area contributed by atoms with Crippen LogP contribution in [-0.4, -0.2) is 18.3 Å². The van der Waals surface area contributed by atoms with Gasteiger partial charge in [-0.1, -0.05) is 6.07 Å². The first-order valence-electron chi connectivity index (χ1n) is 4.03. The van der Waals surface area contributed by atoms with Crippen LogP contribution in [0.4, 0.5) is 14.5 Å². The number of hydrogen-bond acceptors (Lipinski definition) is 3. The van der Waals surface area contributed by atoms with Crippen LogP contribution in [0.2, 0.25) is 0 Å². The Labute approximate surface area is 82.8 Å². The second-order valence-electron chi connectivity index (χ2n) is 2.84. The number of para-hydroxylation sites is 1. The molecule has 0 unspecified atom stereocenters. The van der Waals surface area contributed by atoms with Gasteiger partial charge in [0.2, 0.25) is 0 Å². The van der Waals surface area contributed by atoms with Gasteiger partial charge in [0.15, 0.2) is 0 Å². The maximum atomic E-state index is 12.0. The molecule has 0 saturated heterocycles. The summed E-state index contributed by atoms with van der Waals surface area (Å²) in [6.07, 6.45) is 0. The van der Waals surface area contributed by atoms with Crippen LogP contribution in [0.15, 0.2) is 18.2 Å². The van der Waals surface area contributed by atoms with Gasteiger partial charge < -0.3 is 10.1 Å². The van der Waals surface area contributed by atoms with E-state index in [0.29, 0.717) is 0 Å². The second-order valence-corrected chi connectivity index (χ2v) is 2.84. The fourth-order valence-corrected chi connectivity index (χ4v) is 1.34. The zero-order chi connectivity index (χ0) is 11.0. The van der Waals surface area contributed by atoms with Crippen LogP contribution in [-0.2, 0) is 4.79 Å². The van der Waals surface area contributed by atoms with E-state index in [9.17, 15) is 18.4 Å². The molecule has 0 aliphatic carbocycles. The van der Waals surface area contributed by atoms with Gasteiger partial charge in [0.25, 0.3) is 11.7 Å². The van der Waals surface area contributed by atoms with Gasteiger partial charge in [-0.3, -0.25) is 9.59 Å². The number of ketones is 1. The third-order valence-electron chi connectivity index (χ3n) is 1.93. The first kappa shape index (κ1) is 9.57. The molecule has 1 amide bonds. The van der Waals surface area contributed by atoms with Crippen LogP contribution in [0.25, 0.3) is 0 Å². The molecule has 6 heteroatoms. The van der Waals surface area contributed by atoms with Crippen LogP contribution in [0.5, 0.6) is 5.75 Å². The number of rotatable bonds is 2. The van der Waals surface area contributed by atoms with E-state index in [1.54, 1.807) is 0 Å². The van der Waals surface area contributed by atoms with Crippen molar-refractivity contribution in [1.29, 1.82) is 0 Å². The number of fused-ring (bicyclic) bond motifs is 1. The Morgan fingerprint density at radius 2 is 2.00 bits per heavy atom. The van der Waals surface area contributed by atoms with Crippen molar-refractivity contribution >= 4 is 17.4 Å². The van der Waals surface area contributed by atoms with Crippen LogP contribution in [0, 0.1) is 0 Å². The molecule has 0 fully saturated rings. The molecule has 2 rings (SSSR count). The number of halogens is 2. The molecule has 0 atom stereocenters. The van der Waals surface area contributed by atoms with Crippen molar-refractivity contribution in [1.82, 2.24) is 0 Å². The normalized spacial score (nSPS) is 14.1. The summed E-state index contributed by atoms with van der Waals surface area (Å²) >= 11 is 0. The highest BCUT2D eigenvalue weighted by Crippen LogP contribution is 2.33. The van der Waals surface area contributed by atoms with Gasteiger partial charge in [-0.15, -0.1) is 0 Å². The molecule has 1 N–H and O–H groups in total. The van der Waals surface area contributed by atoms with Gasteiger partial charge in [0.05, 0.1) is 11.3 Å². The SMILES string of the molecule is O=C1Nc2c(OC(F)F)cccc2C1=O. The summed E-state index contributed by atoms with van der Waals surface area (Å²) in [5.41, 5.74) is 0.0611. The summed E-state index contributed by atoms with van der Waals surface area (Å²) in [6.45, 7) is -3.00. The molecule has 1 aliphatic rings. The van der Waals surface area contributed by atoms with Gasteiger partial charge in [-0.25, -0.2) is 0 Å². The number of nitrogens with one attached hydrogen (secondary N) is 1. The van der Waals surface area contributed by atoms with Crippen molar-refractivity contribution in [2.75, 3.05) is 5.32 Å². The summed E-state index contributed by atoms with van der Waals surface area (Å²) < 4.78 is 28.1. The lowest BCUT2D eigenvalue weighted by Gasteiger charge is -2.07. The molecule has 0 aromatic heterocycles. The van der Waals surface area contributed by atoms with Crippen LogP contribution in [0.1, 0.15) is 10.4 Å². The first-order chi connectivity index (χ1) is 7.09. The average molecular weight is 213 g/mol. The zero-order valence-electron chi connectivity index (χ0n) is 7.29. The van der Waals surface area contributed by atoms with Gasteiger partial charge in [0, 0.05) is 0 Å². The number of carbonyl (C=O) groups is 2. The predicted molar refractivity (Wildman–Crippen MR) is 46.0 cm³/mol. The third-order valence-corrected chi connectivity index (χ3v) is 1.93. The van der Waals surface area contributed by atoms with Gasteiger partial charge in [-0.05, 0) is 12.1 Å². The number of amides is 1. The summed E-state index contributed by atoms with van der Waals surface area (Å²) in [4.78, 5) is 22.1. The van der Waals surface area contributed by atoms with Gasteiger partial charge in [-0.2, -0.15) is 8.78 Å². The number of alkyl halides is 2. The smallest absolute Gasteiger partial charge is 0.387 e. The van der Waals surface area contributed by atoms with Crippen LogP contribution >= 0.6 is 0 Å². The Hall–Kier alpha value is -1.98. The lowest BCUT2D eigenvalue weighted by molar-refractivity contribution is -0.112. The minimum absolute atomic E-state index is 0.00722. The van der Waals surface area contributed by atoms with Crippen molar-refractivity contribution in [2.24, 2.45) is 0 Å². The molecule has 0 radical (unpaired) electrons. The average Bonchev–Trinajstić information content (AvgIpc) is 2.45. The standard InChI is InChI=1S/C9H5F2NO3/c10-9(11)15-5-3-1-2-4-6(5)12-8(14)7(4)13/h1-3,9H,(H,12,13,14). The Kier molecular flexibility index (Phi) is 2.11. The number of hydrogen-bond donors (Lipinski definition) is 1. The lowest BCUT2D eigenvalue weighted by Crippen LogP contribution is -2.12. The van der Waals surface area contributed by atoms with E-state index >= 15 is 0 Å². The van der Waals surface area contributed by atoms with E-state index in [1.165, 1.54) is 18.2 Å². The van der Waals surface area contributed by atoms with Crippen molar-refractivity contribution in [2.45, 2.75) is 6.61 Å². The van der Waals surface area contributed by atoms with Crippen LogP contribution < -0.4 is 10.1 Å². The summed E-state index contributed by atoms with van der Waals surface area (Å²) in [5.74, 6) is -1.79. The molecule has 78 valence electrons. The fourth-order valence-electron chi connectivity index (χ4n) is 1.34. The molecule has 1 aromatic carbocycles. The maximum Gasteiger partial charge on any atom is 0.387 e. The maximum absolute atomic E-state index is 12.0. The first-order valence-corrected chi connectivity index (χ1v) is 4.03. The molecule has 15 heavy (non-hydrogen) atoms. The fraction of sp³-hybridized carbons (Fsp3) is 0.111. The molecule has 1 aromatic rings. The van der Waals surface area contributed by atoms with Crippen molar-refractivity contribution < 1.29 is 23.1 Å². The highest BCUT2D eigenvalue weighted by atomic mass is 19.3. The summed E-state index contributed by atoms with van der Waals surface area (Å²) in [7, 11) is 0. The molecule has 0 saturated carbocycles. The Morgan fingerprint density at radius 1 is 1.27 bits per heavy atom. The monoisotopic (exact) mass is 213 g/mol. The Balaban J connectivity index is 2.45.